The minimum Gasteiger partial charge on any atom is -0.496 e. The van der Waals surface area contributed by atoms with E-state index in [2.05, 4.69) is 41.2 Å². The lowest BCUT2D eigenvalue weighted by Crippen LogP contribution is -2.17. The van der Waals surface area contributed by atoms with Crippen molar-refractivity contribution in [2.75, 3.05) is 28.4 Å². The molecule has 1 unspecified atom stereocenters. The Morgan fingerprint density at radius 3 is 1.52 bits per heavy atom. The molecular weight excluding hydrogens is 855 g/mol. The van der Waals surface area contributed by atoms with Crippen molar-refractivity contribution in [3.8, 4) is 5.75 Å². The van der Waals surface area contributed by atoms with E-state index in [1.165, 1.54) is 25.3 Å². The van der Waals surface area contributed by atoms with Gasteiger partial charge in [0.25, 0.3) is 22.9 Å². The fraction of sp³-hybridized carbons (Fsp3) is 0.0385. The van der Waals surface area contributed by atoms with Crippen LogP contribution in [0.1, 0.15) is 22.1 Å². The molecule has 0 saturated carbocycles. The number of benzene rings is 6. The number of ether oxygens (including phenoxy) is 1. The Balaban J connectivity index is 0.000000168. The maximum absolute atomic E-state index is 14.4. The summed E-state index contributed by atoms with van der Waals surface area (Å²) in [6.45, 7) is 0. The van der Waals surface area contributed by atoms with Gasteiger partial charge in [0.15, 0.2) is 0 Å². The summed E-state index contributed by atoms with van der Waals surface area (Å²) in [5.74, 6) is -1.83. The van der Waals surface area contributed by atoms with Crippen LogP contribution < -0.4 is 37.1 Å². The fourth-order valence-corrected chi connectivity index (χ4v) is 7.67. The molecule has 0 radical (unpaired) electrons. The van der Waals surface area contributed by atoms with Gasteiger partial charge in [0.05, 0.1) is 18.5 Å². The number of nitrogens with zero attached hydrogens (tertiary/aromatic N) is 2. The highest BCUT2D eigenvalue weighted by Gasteiger charge is 2.20. The van der Waals surface area contributed by atoms with Crippen molar-refractivity contribution in [1.82, 2.24) is 19.9 Å². The molecule has 0 saturated heterocycles. The number of aromatic nitrogens is 4. The molecular formula is C52H38F2N8O5. The molecule has 0 fully saturated rings. The lowest BCUT2D eigenvalue weighted by molar-refractivity contribution is -0.121. The fourth-order valence-electron chi connectivity index (χ4n) is 7.67. The molecule has 10 aromatic rings. The normalized spacial score (nSPS) is 11.4. The average molecular weight is 893 g/mol. The third-order valence-corrected chi connectivity index (χ3v) is 10.8. The second-order valence-corrected chi connectivity index (χ2v) is 15.1. The molecule has 0 bridgehead atoms. The lowest BCUT2D eigenvalue weighted by Gasteiger charge is -2.13. The molecule has 15 heteroatoms. The minimum absolute atomic E-state index is 0.156. The number of methoxy groups -OCH3 is 1. The van der Waals surface area contributed by atoms with E-state index >= 15 is 0 Å². The van der Waals surface area contributed by atoms with Gasteiger partial charge in [-0.05, 0) is 90.5 Å². The van der Waals surface area contributed by atoms with Gasteiger partial charge < -0.3 is 36.0 Å². The van der Waals surface area contributed by atoms with E-state index in [1.807, 2.05) is 48.5 Å². The van der Waals surface area contributed by atoms with Crippen LogP contribution in [0.2, 0.25) is 0 Å². The zero-order valence-corrected chi connectivity index (χ0v) is 35.4. The first-order chi connectivity index (χ1) is 32.6. The first-order valence-electron chi connectivity index (χ1n) is 20.8. The summed E-state index contributed by atoms with van der Waals surface area (Å²) >= 11 is 0. The number of fused-ring (bicyclic) bond motifs is 6. The number of anilines is 6. The van der Waals surface area contributed by atoms with Gasteiger partial charge >= 0.3 is 0 Å². The predicted octanol–water partition coefficient (Wildman–Crippen LogP) is 10.7. The van der Waals surface area contributed by atoms with E-state index in [9.17, 15) is 28.0 Å². The summed E-state index contributed by atoms with van der Waals surface area (Å²) < 4.78 is 33.7. The Hall–Kier alpha value is -9.24. The zero-order chi connectivity index (χ0) is 46.4. The second kappa shape index (κ2) is 18.8. The number of hydrogen-bond acceptors (Lipinski definition) is 9. The molecule has 6 aromatic carbocycles. The topological polar surface area (TPSA) is 183 Å². The Labute approximate surface area is 379 Å². The molecule has 67 heavy (non-hydrogen) atoms. The molecule has 10 rings (SSSR count). The molecule has 2 amide bonds. The number of rotatable bonds is 10. The van der Waals surface area contributed by atoms with Crippen LogP contribution in [-0.2, 0) is 4.79 Å². The van der Waals surface area contributed by atoms with Crippen molar-refractivity contribution in [3.63, 3.8) is 0 Å². The number of amides is 2. The van der Waals surface area contributed by atoms with E-state index < -0.39 is 23.8 Å². The number of alkyl halides is 1. The van der Waals surface area contributed by atoms with E-state index in [-0.39, 0.29) is 22.4 Å². The number of aromatic amines is 2. The summed E-state index contributed by atoms with van der Waals surface area (Å²) in [4.78, 5) is 63.8. The predicted molar refractivity (Wildman–Crippen MR) is 259 cm³/mol. The Bertz CT molecular complexity index is 3590. The van der Waals surface area contributed by atoms with Gasteiger partial charge in [-0.2, -0.15) is 0 Å². The minimum atomic E-state index is -1.75. The molecule has 6 N–H and O–H groups in total. The van der Waals surface area contributed by atoms with Crippen LogP contribution in [-0.4, -0.2) is 38.9 Å². The number of carbonyl (C=O) groups excluding carboxylic acids is 2. The Morgan fingerprint density at radius 2 is 1.01 bits per heavy atom. The van der Waals surface area contributed by atoms with Crippen LogP contribution >= 0.6 is 0 Å². The molecule has 4 aromatic heterocycles. The highest BCUT2D eigenvalue weighted by Crippen LogP contribution is 2.32. The van der Waals surface area contributed by atoms with Crippen molar-refractivity contribution in [1.29, 1.82) is 0 Å². The van der Waals surface area contributed by atoms with Gasteiger partial charge in [0, 0.05) is 67.5 Å². The summed E-state index contributed by atoms with van der Waals surface area (Å²) in [6, 6.07) is 44.8. The third kappa shape index (κ3) is 9.10. The van der Waals surface area contributed by atoms with E-state index in [4.69, 9.17) is 4.74 Å². The van der Waals surface area contributed by atoms with Crippen LogP contribution in [0.4, 0.5) is 42.9 Å². The van der Waals surface area contributed by atoms with Gasteiger partial charge in [0.1, 0.15) is 28.4 Å². The zero-order valence-electron chi connectivity index (χ0n) is 35.4. The van der Waals surface area contributed by atoms with Crippen LogP contribution in [0.15, 0.2) is 180 Å². The third-order valence-electron chi connectivity index (χ3n) is 10.8. The molecule has 1 atom stereocenters. The first-order valence-corrected chi connectivity index (χ1v) is 20.8. The number of carbonyl (C=O) groups is 2. The van der Waals surface area contributed by atoms with Crippen LogP contribution in [0, 0.1) is 5.82 Å². The van der Waals surface area contributed by atoms with Crippen LogP contribution in [0.5, 0.6) is 5.75 Å². The van der Waals surface area contributed by atoms with Crippen molar-refractivity contribution in [2.45, 2.75) is 6.17 Å². The summed E-state index contributed by atoms with van der Waals surface area (Å²) in [5.41, 5.74) is 4.78. The quantitative estimate of drug-likeness (QED) is 0.0728. The maximum Gasteiger partial charge on any atom is 0.263 e. The van der Waals surface area contributed by atoms with Crippen molar-refractivity contribution >= 4 is 89.6 Å². The number of H-pyrrole nitrogens is 2. The number of pyridine rings is 4. The number of nitrogens with one attached hydrogen (secondary N) is 6. The SMILES string of the molecule is COc1cccc(F)c1C(=O)Nc1ccc(Nc2ccnc3[nH]c(=O)c4ccccc4c23)cc1.O=C(Nc1ccc(Nc2ccnc3[nH]c(=O)c4ccccc4c23)cc1)C(F)c1ccccc1. The van der Waals surface area contributed by atoms with Crippen molar-refractivity contribution in [2.24, 2.45) is 0 Å². The number of halogens is 2. The van der Waals surface area contributed by atoms with E-state index in [0.29, 0.717) is 39.0 Å². The van der Waals surface area contributed by atoms with Crippen molar-refractivity contribution in [3.05, 3.63) is 208 Å². The largest absolute Gasteiger partial charge is 0.496 e. The summed E-state index contributed by atoms with van der Waals surface area (Å²) in [7, 11) is 1.38. The average Bonchev–Trinajstić information content (AvgIpc) is 3.35. The number of hydrogen-bond donors (Lipinski definition) is 6. The van der Waals surface area contributed by atoms with Crippen LogP contribution in [0.25, 0.3) is 43.6 Å². The Kier molecular flexibility index (Phi) is 12.1. The van der Waals surface area contributed by atoms with Crippen molar-refractivity contribution < 1.29 is 23.1 Å². The monoisotopic (exact) mass is 892 g/mol. The molecule has 0 aliphatic heterocycles. The van der Waals surface area contributed by atoms with E-state index in [0.717, 1.165) is 44.3 Å². The Morgan fingerprint density at radius 1 is 0.552 bits per heavy atom. The van der Waals surface area contributed by atoms with E-state index in [1.54, 1.807) is 103 Å². The van der Waals surface area contributed by atoms with Gasteiger partial charge in [-0.1, -0.05) is 72.8 Å². The summed E-state index contributed by atoms with van der Waals surface area (Å²) in [5, 5.41) is 16.3. The molecule has 0 aliphatic carbocycles. The highest BCUT2D eigenvalue weighted by atomic mass is 19.1. The first kappa shape index (κ1) is 43.0. The standard InChI is InChI=1S/C26H19FN4O3.C26H19FN4O2/c1-34-21-8-4-7-19(27)23(21)26(33)30-16-11-9-15(10-12-16)29-20-13-14-28-24-22(20)17-5-2-3-6-18(17)25(32)31-24;27-23(16-6-2-1-3-7-16)26(33)30-18-12-10-17(11-13-18)29-21-14-15-28-24-22(21)19-8-4-5-9-20(19)25(32)31-24/h2-14H,1H3,(H,30,33)(H2,28,29,31,32);1-15,23H,(H,30,33)(H2,28,29,31,32). The molecule has 13 nitrogen and oxygen atoms in total. The molecule has 0 spiro atoms. The van der Waals surface area contributed by atoms with Gasteiger partial charge in [0.2, 0.25) is 6.17 Å². The highest BCUT2D eigenvalue weighted by molar-refractivity contribution is 6.12. The smallest absolute Gasteiger partial charge is 0.263 e. The van der Waals surface area contributed by atoms with Gasteiger partial charge in [-0.3, -0.25) is 19.2 Å². The summed E-state index contributed by atoms with van der Waals surface area (Å²) in [6.07, 6.45) is 1.49. The molecule has 4 heterocycles. The molecule has 330 valence electrons. The van der Waals surface area contributed by atoms with Gasteiger partial charge in [-0.25, -0.2) is 18.7 Å². The second-order valence-electron chi connectivity index (χ2n) is 15.1. The van der Waals surface area contributed by atoms with Gasteiger partial charge in [-0.15, -0.1) is 0 Å². The lowest BCUT2D eigenvalue weighted by atomic mass is 10.1. The van der Waals surface area contributed by atoms with Crippen LogP contribution in [0.3, 0.4) is 0 Å². The maximum atomic E-state index is 14.4. The molecule has 0 aliphatic rings.